The second-order valence-corrected chi connectivity index (χ2v) is 8.06. The van der Waals surface area contributed by atoms with Crippen LogP contribution in [0, 0.1) is 0 Å². The monoisotopic (exact) mass is 478 g/mol. The first-order valence-corrected chi connectivity index (χ1v) is 10.5. The summed E-state index contributed by atoms with van der Waals surface area (Å²) in [6, 6.07) is -2.97. The van der Waals surface area contributed by atoms with E-state index >= 15 is 0 Å². The van der Waals surface area contributed by atoms with Crippen LogP contribution < -0.4 is 16.4 Å². The highest BCUT2D eigenvalue weighted by atomic mass is 32.2. The molecule has 1 saturated heterocycles. The first-order chi connectivity index (χ1) is 14.5. The minimum Gasteiger partial charge on any atom is -0.468 e. The molecule has 0 saturated carbocycles. The van der Waals surface area contributed by atoms with E-state index in [9.17, 15) is 32.1 Å². The molecule has 170 valence electrons. The Morgan fingerprint density at radius 3 is 2.58 bits per heavy atom. The van der Waals surface area contributed by atoms with Gasteiger partial charge in [-0.25, -0.2) is 9.29 Å². The van der Waals surface area contributed by atoms with Crippen molar-refractivity contribution in [2.24, 2.45) is 5.16 Å². The molecule has 2 rings (SSSR count). The van der Waals surface area contributed by atoms with Gasteiger partial charge in [0.25, 0.3) is 11.8 Å². The van der Waals surface area contributed by atoms with Crippen LogP contribution in [0.25, 0.3) is 0 Å². The third-order valence-corrected chi connectivity index (χ3v) is 5.54. The summed E-state index contributed by atoms with van der Waals surface area (Å²) in [5.74, 6) is -3.76. The summed E-state index contributed by atoms with van der Waals surface area (Å²) in [6.45, 7) is -0.505. The van der Waals surface area contributed by atoms with E-state index in [1.165, 1.54) is 5.38 Å². The zero-order valence-electron chi connectivity index (χ0n) is 16.1. The van der Waals surface area contributed by atoms with Crippen molar-refractivity contribution < 1.29 is 41.7 Å². The molecule has 31 heavy (non-hydrogen) atoms. The lowest BCUT2D eigenvalue weighted by Crippen LogP contribution is -2.73. The van der Waals surface area contributed by atoms with Crippen molar-refractivity contribution in [3.8, 4) is 0 Å². The third-order valence-electron chi connectivity index (χ3n) is 3.92. The van der Waals surface area contributed by atoms with Crippen LogP contribution in [0.2, 0.25) is 0 Å². The van der Waals surface area contributed by atoms with E-state index in [0.717, 1.165) is 25.6 Å². The Morgan fingerprint density at radius 2 is 2.06 bits per heavy atom. The van der Waals surface area contributed by atoms with Gasteiger partial charge in [0.15, 0.2) is 10.8 Å². The van der Waals surface area contributed by atoms with E-state index in [4.69, 9.17) is 5.73 Å². The first kappa shape index (κ1) is 24.0. The smallest absolute Gasteiger partial charge is 0.362 e. The van der Waals surface area contributed by atoms with E-state index in [1.54, 1.807) is 0 Å². The summed E-state index contributed by atoms with van der Waals surface area (Å²) >= 11 is 1.01. The molecular weight excluding hydrogens is 460 g/mol. The quantitative estimate of drug-likeness (QED) is 0.0937. The number of carbonyl (C=O) groups is 4. The molecule has 0 aromatic carbocycles. The maximum Gasteiger partial charge on any atom is 0.362 e. The summed E-state index contributed by atoms with van der Waals surface area (Å²) in [4.78, 5) is 56.4. The fourth-order valence-corrected chi connectivity index (χ4v) is 4.00. The summed E-state index contributed by atoms with van der Waals surface area (Å²) in [7, 11) is -2.76. The van der Waals surface area contributed by atoms with E-state index in [2.05, 4.69) is 30.3 Å². The number of nitrogen functional groups attached to an aromatic ring is 1. The average molecular weight is 478 g/mol. The van der Waals surface area contributed by atoms with Crippen LogP contribution in [0.3, 0.4) is 0 Å². The van der Waals surface area contributed by atoms with Crippen LogP contribution in [0.5, 0.6) is 0 Å². The topological polar surface area (TPSA) is 220 Å². The average Bonchev–Trinajstić information content (AvgIpc) is 3.12. The Hall–Kier alpha value is -3.31. The highest BCUT2D eigenvalue weighted by Gasteiger charge is 2.54. The SMILES string of the molecule is CO/N=C(\C(=O)N[C@H]1C(=O)N(S(=O)(=O)O)[C@@H]1CC(=O)NCC(=O)OC)c1csc(N)n1. The van der Waals surface area contributed by atoms with Crippen LogP contribution in [-0.4, -0.2) is 84.5 Å². The predicted molar refractivity (Wildman–Crippen MR) is 104 cm³/mol. The van der Waals surface area contributed by atoms with Crippen LogP contribution >= 0.6 is 11.3 Å². The molecular formula is C14H18N6O9S2. The molecule has 1 aromatic rings. The molecule has 1 aromatic heterocycles. The molecule has 1 aliphatic rings. The molecule has 0 aliphatic carbocycles. The number of hydrogen-bond acceptors (Lipinski definition) is 12. The number of oxime groups is 1. The van der Waals surface area contributed by atoms with Gasteiger partial charge in [-0.1, -0.05) is 5.16 Å². The standard InChI is InChI=1S/C14H18N6O9S2/c1-28-9(22)4-16-8(21)3-7-11(13(24)20(7)31(25,26)27)18-12(23)10(19-29-2)6-5-30-14(15)17-6/h5,7,11H,3-4H2,1-2H3,(H2,15,17)(H,16,21)(H,18,23)(H,25,26,27)/b19-10-/t7-,11-/m1/s1. The number of aromatic nitrogens is 1. The van der Waals surface area contributed by atoms with Gasteiger partial charge < -0.3 is 25.9 Å². The Kier molecular flexibility index (Phi) is 7.47. The van der Waals surface area contributed by atoms with Crippen molar-refractivity contribution in [3.05, 3.63) is 11.1 Å². The largest absolute Gasteiger partial charge is 0.468 e. The van der Waals surface area contributed by atoms with Gasteiger partial charge in [0.1, 0.15) is 25.4 Å². The Morgan fingerprint density at radius 1 is 1.39 bits per heavy atom. The lowest BCUT2D eigenvalue weighted by molar-refractivity contribution is -0.147. The number of nitrogens with zero attached hydrogens (tertiary/aromatic N) is 3. The van der Waals surface area contributed by atoms with Gasteiger partial charge >= 0.3 is 16.3 Å². The fourth-order valence-electron chi connectivity index (χ4n) is 2.57. The molecule has 1 fully saturated rings. The summed E-state index contributed by atoms with van der Waals surface area (Å²) in [5, 5.41) is 9.44. The van der Waals surface area contributed by atoms with E-state index in [0.29, 0.717) is 0 Å². The van der Waals surface area contributed by atoms with Crippen LogP contribution in [0.15, 0.2) is 10.5 Å². The highest BCUT2D eigenvalue weighted by Crippen LogP contribution is 2.26. The Bertz CT molecular complexity index is 1020. The van der Waals surface area contributed by atoms with E-state index < -0.39 is 59.0 Å². The van der Waals surface area contributed by atoms with Gasteiger partial charge in [-0.15, -0.1) is 11.3 Å². The maximum absolute atomic E-state index is 12.6. The molecule has 2 heterocycles. The molecule has 2 atom stereocenters. The van der Waals surface area contributed by atoms with Crippen molar-refractivity contribution in [3.63, 3.8) is 0 Å². The molecule has 3 amide bonds. The molecule has 5 N–H and O–H groups in total. The van der Waals surface area contributed by atoms with Gasteiger partial charge in [-0.2, -0.15) is 8.42 Å². The predicted octanol–water partition coefficient (Wildman–Crippen LogP) is -2.75. The van der Waals surface area contributed by atoms with Gasteiger partial charge in [0, 0.05) is 5.38 Å². The number of hydrogen-bond donors (Lipinski definition) is 4. The minimum atomic E-state index is -5.02. The second-order valence-electron chi connectivity index (χ2n) is 5.88. The van der Waals surface area contributed by atoms with E-state index in [-0.39, 0.29) is 20.8 Å². The molecule has 0 bridgehead atoms. The summed E-state index contributed by atoms with van der Waals surface area (Å²) in [5.41, 5.74) is 5.20. The number of esters is 1. The van der Waals surface area contributed by atoms with Gasteiger partial charge in [-0.3, -0.25) is 23.7 Å². The second kappa shape index (κ2) is 9.67. The third kappa shape index (κ3) is 5.64. The summed E-state index contributed by atoms with van der Waals surface area (Å²) < 4.78 is 36.7. The number of rotatable bonds is 9. The molecule has 0 spiro atoms. The zero-order chi connectivity index (χ0) is 23.3. The van der Waals surface area contributed by atoms with Gasteiger partial charge in [-0.05, 0) is 0 Å². The number of nitrogens with two attached hydrogens (primary N) is 1. The van der Waals surface area contributed by atoms with Crippen molar-refractivity contribution >= 4 is 56.2 Å². The molecule has 0 radical (unpaired) electrons. The number of anilines is 1. The Labute approximate surface area is 179 Å². The van der Waals surface area contributed by atoms with Crippen molar-refractivity contribution in [2.75, 3.05) is 26.5 Å². The number of methoxy groups -OCH3 is 1. The van der Waals surface area contributed by atoms with Gasteiger partial charge in [0.2, 0.25) is 5.91 Å². The van der Waals surface area contributed by atoms with E-state index in [1.807, 2.05) is 0 Å². The van der Waals surface area contributed by atoms with Crippen LogP contribution in [-0.2, 0) is 39.1 Å². The number of ether oxygens (including phenoxy) is 1. The number of thiazole rings is 1. The molecule has 17 heteroatoms. The zero-order valence-corrected chi connectivity index (χ0v) is 17.7. The number of amides is 3. The van der Waals surface area contributed by atoms with Crippen molar-refractivity contribution in [2.45, 2.75) is 18.5 Å². The Balaban J connectivity index is 2.19. The first-order valence-electron chi connectivity index (χ1n) is 8.27. The molecule has 15 nitrogen and oxygen atoms in total. The highest BCUT2D eigenvalue weighted by molar-refractivity contribution is 7.84. The molecule has 1 aliphatic heterocycles. The lowest BCUT2D eigenvalue weighted by Gasteiger charge is -2.43. The lowest BCUT2D eigenvalue weighted by atomic mass is 9.94. The number of β-lactam (4-membered cyclic amide) rings is 1. The normalized spacial score (nSPS) is 18.7. The minimum absolute atomic E-state index is 0.0348. The van der Waals surface area contributed by atoms with Gasteiger partial charge in [0.05, 0.1) is 19.6 Å². The maximum atomic E-state index is 12.6. The molecule has 0 unspecified atom stereocenters. The van der Waals surface area contributed by atoms with Crippen LogP contribution in [0.4, 0.5) is 5.13 Å². The fraction of sp³-hybridized carbons (Fsp3) is 0.429. The summed E-state index contributed by atoms with van der Waals surface area (Å²) in [6.07, 6.45) is -0.659. The van der Waals surface area contributed by atoms with Crippen LogP contribution in [0.1, 0.15) is 12.1 Å². The van der Waals surface area contributed by atoms with Crippen molar-refractivity contribution in [1.82, 2.24) is 19.9 Å². The number of carbonyl (C=O) groups excluding carboxylic acids is 4. The number of nitrogens with one attached hydrogen (secondary N) is 2. The van der Waals surface area contributed by atoms with Crippen molar-refractivity contribution in [1.29, 1.82) is 0 Å².